The van der Waals surface area contributed by atoms with Gasteiger partial charge in [-0.2, -0.15) is 4.98 Å². The summed E-state index contributed by atoms with van der Waals surface area (Å²) in [5.74, 6) is 1.49. The maximum absolute atomic E-state index is 5.17. The Morgan fingerprint density at radius 1 is 1.14 bits per heavy atom. The molecular formula is C16H18N4O. The number of benzene rings is 1. The van der Waals surface area contributed by atoms with Crippen molar-refractivity contribution in [3.63, 3.8) is 0 Å². The van der Waals surface area contributed by atoms with E-state index in [1.807, 2.05) is 53.9 Å². The number of hydrogen-bond acceptors (Lipinski definition) is 4. The Hall–Kier alpha value is -2.56. The van der Waals surface area contributed by atoms with Crippen molar-refractivity contribution in [2.24, 2.45) is 0 Å². The van der Waals surface area contributed by atoms with Crippen LogP contribution >= 0.6 is 0 Å². The number of aromatic nitrogens is 3. The molecular weight excluding hydrogens is 264 g/mol. The predicted molar refractivity (Wildman–Crippen MR) is 82.8 cm³/mol. The molecule has 0 saturated carbocycles. The third-order valence-corrected chi connectivity index (χ3v) is 3.51. The van der Waals surface area contributed by atoms with Gasteiger partial charge in [0.05, 0.1) is 13.2 Å². The summed E-state index contributed by atoms with van der Waals surface area (Å²) >= 11 is 0. The number of rotatable bonds is 4. The molecule has 0 aliphatic carbocycles. The monoisotopic (exact) mass is 282 g/mol. The van der Waals surface area contributed by atoms with E-state index in [1.165, 1.54) is 0 Å². The molecule has 0 amide bonds. The standard InChI is InChI=1S/C16H18N4O/c1-11-5-4-6-15-18-16(19-20(11)15)17-12(2)13-7-9-14(21-3)10-8-13/h4-10,12H,1-3H3,(H,17,19). The zero-order valence-corrected chi connectivity index (χ0v) is 12.4. The number of methoxy groups -OCH3 is 1. The van der Waals surface area contributed by atoms with E-state index in [0.717, 1.165) is 22.7 Å². The smallest absolute Gasteiger partial charge is 0.243 e. The topological polar surface area (TPSA) is 51.5 Å². The fourth-order valence-corrected chi connectivity index (χ4v) is 2.27. The summed E-state index contributed by atoms with van der Waals surface area (Å²) in [5, 5.41) is 7.81. The highest BCUT2D eigenvalue weighted by Gasteiger charge is 2.10. The number of anilines is 1. The second kappa shape index (κ2) is 5.44. The molecule has 1 N–H and O–H groups in total. The molecule has 21 heavy (non-hydrogen) atoms. The zero-order chi connectivity index (χ0) is 14.8. The molecule has 2 heterocycles. The minimum absolute atomic E-state index is 0.119. The zero-order valence-electron chi connectivity index (χ0n) is 12.4. The molecule has 1 unspecified atom stereocenters. The van der Waals surface area contributed by atoms with Crippen LogP contribution in [0.25, 0.3) is 5.65 Å². The van der Waals surface area contributed by atoms with Crippen LogP contribution in [0.1, 0.15) is 24.2 Å². The Morgan fingerprint density at radius 2 is 1.90 bits per heavy atom. The largest absolute Gasteiger partial charge is 0.497 e. The molecule has 1 atom stereocenters. The maximum atomic E-state index is 5.17. The summed E-state index contributed by atoms with van der Waals surface area (Å²) in [6.45, 7) is 4.10. The van der Waals surface area contributed by atoms with Gasteiger partial charge in [0.2, 0.25) is 5.95 Å². The highest BCUT2D eigenvalue weighted by Crippen LogP contribution is 2.20. The van der Waals surface area contributed by atoms with Crippen LogP contribution in [0.4, 0.5) is 5.95 Å². The van der Waals surface area contributed by atoms with Gasteiger partial charge in [-0.25, -0.2) is 4.52 Å². The van der Waals surface area contributed by atoms with Gasteiger partial charge in [0.25, 0.3) is 0 Å². The average molecular weight is 282 g/mol. The van der Waals surface area contributed by atoms with Crippen LogP contribution in [0.2, 0.25) is 0 Å². The summed E-state index contributed by atoms with van der Waals surface area (Å²) in [6, 6.07) is 14.0. The lowest BCUT2D eigenvalue weighted by atomic mass is 10.1. The lowest BCUT2D eigenvalue weighted by molar-refractivity contribution is 0.414. The molecule has 0 aliphatic heterocycles. The van der Waals surface area contributed by atoms with Crippen LogP contribution in [-0.2, 0) is 0 Å². The number of ether oxygens (including phenoxy) is 1. The van der Waals surface area contributed by atoms with Crippen molar-refractivity contribution in [2.45, 2.75) is 19.9 Å². The number of pyridine rings is 1. The van der Waals surface area contributed by atoms with Crippen molar-refractivity contribution in [2.75, 3.05) is 12.4 Å². The van der Waals surface area contributed by atoms with Gasteiger partial charge in [-0.15, -0.1) is 5.10 Å². The van der Waals surface area contributed by atoms with E-state index in [9.17, 15) is 0 Å². The number of fused-ring (bicyclic) bond motifs is 1. The van der Waals surface area contributed by atoms with Gasteiger partial charge in [-0.3, -0.25) is 0 Å². The van der Waals surface area contributed by atoms with Crippen LogP contribution in [0.5, 0.6) is 5.75 Å². The maximum Gasteiger partial charge on any atom is 0.243 e. The van der Waals surface area contributed by atoms with Crippen LogP contribution in [-0.4, -0.2) is 21.7 Å². The van der Waals surface area contributed by atoms with E-state index in [-0.39, 0.29) is 6.04 Å². The molecule has 3 aromatic rings. The quantitative estimate of drug-likeness (QED) is 0.798. The van der Waals surface area contributed by atoms with E-state index in [2.05, 4.69) is 22.3 Å². The van der Waals surface area contributed by atoms with Crippen molar-refractivity contribution in [3.05, 3.63) is 53.7 Å². The molecule has 0 fully saturated rings. The van der Waals surface area contributed by atoms with Crippen LogP contribution in [0, 0.1) is 6.92 Å². The first-order valence-electron chi connectivity index (χ1n) is 6.90. The third-order valence-electron chi connectivity index (χ3n) is 3.51. The minimum Gasteiger partial charge on any atom is -0.497 e. The lowest BCUT2D eigenvalue weighted by Gasteiger charge is -2.13. The van der Waals surface area contributed by atoms with E-state index in [1.54, 1.807) is 7.11 Å². The minimum atomic E-state index is 0.119. The third kappa shape index (κ3) is 2.67. The molecule has 0 spiro atoms. The molecule has 0 aliphatic rings. The molecule has 5 heteroatoms. The van der Waals surface area contributed by atoms with Gasteiger partial charge < -0.3 is 10.1 Å². The Labute approximate surface area is 123 Å². The van der Waals surface area contributed by atoms with Gasteiger partial charge in [0.15, 0.2) is 5.65 Å². The predicted octanol–water partition coefficient (Wildman–Crippen LogP) is 3.22. The summed E-state index contributed by atoms with van der Waals surface area (Å²) in [5.41, 5.74) is 3.07. The Bertz CT molecular complexity index is 749. The fourth-order valence-electron chi connectivity index (χ4n) is 2.27. The van der Waals surface area contributed by atoms with E-state index in [0.29, 0.717) is 5.95 Å². The number of hydrogen-bond donors (Lipinski definition) is 1. The van der Waals surface area contributed by atoms with Crippen LogP contribution in [0.3, 0.4) is 0 Å². The second-order valence-corrected chi connectivity index (χ2v) is 5.01. The normalized spacial score (nSPS) is 12.3. The van der Waals surface area contributed by atoms with Crippen molar-refractivity contribution in [1.82, 2.24) is 14.6 Å². The molecule has 108 valence electrons. The van der Waals surface area contributed by atoms with Crippen molar-refractivity contribution in [3.8, 4) is 5.75 Å². The SMILES string of the molecule is COc1ccc(C(C)Nc2nc3cccc(C)n3n2)cc1. The highest BCUT2D eigenvalue weighted by atomic mass is 16.5. The Morgan fingerprint density at radius 3 is 2.57 bits per heavy atom. The van der Waals surface area contributed by atoms with E-state index >= 15 is 0 Å². The summed E-state index contributed by atoms with van der Waals surface area (Å²) in [4.78, 5) is 4.49. The highest BCUT2D eigenvalue weighted by molar-refractivity contribution is 5.45. The fraction of sp³-hybridized carbons (Fsp3) is 0.250. The molecule has 1 aromatic carbocycles. The van der Waals surface area contributed by atoms with Crippen molar-refractivity contribution < 1.29 is 4.74 Å². The van der Waals surface area contributed by atoms with Crippen LogP contribution in [0.15, 0.2) is 42.5 Å². The van der Waals surface area contributed by atoms with Gasteiger partial charge in [-0.05, 0) is 43.7 Å². The Kier molecular flexibility index (Phi) is 3.48. The second-order valence-electron chi connectivity index (χ2n) is 5.01. The van der Waals surface area contributed by atoms with Crippen molar-refractivity contribution in [1.29, 1.82) is 0 Å². The summed E-state index contributed by atoms with van der Waals surface area (Å²) < 4.78 is 7.01. The number of nitrogens with one attached hydrogen (secondary N) is 1. The first-order chi connectivity index (χ1) is 10.2. The molecule has 0 bridgehead atoms. The first-order valence-corrected chi connectivity index (χ1v) is 6.90. The molecule has 2 aromatic heterocycles. The number of nitrogens with zero attached hydrogens (tertiary/aromatic N) is 3. The summed E-state index contributed by atoms with van der Waals surface area (Å²) in [6.07, 6.45) is 0. The van der Waals surface area contributed by atoms with E-state index in [4.69, 9.17) is 4.74 Å². The van der Waals surface area contributed by atoms with E-state index < -0.39 is 0 Å². The lowest BCUT2D eigenvalue weighted by Crippen LogP contribution is -2.08. The van der Waals surface area contributed by atoms with Gasteiger partial charge in [-0.1, -0.05) is 18.2 Å². The molecule has 0 radical (unpaired) electrons. The molecule has 5 nitrogen and oxygen atoms in total. The van der Waals surface area contributed by atoms with Gasteiger partial charge in [0.1, 0.15) is 5.75 Å². The first kappa shape index (κ1) is 13.4. The average Bonchev–Trinajstić information content (AvgIpc) is 2.91. The summed E-state index contributed by atoms with van der Waals surface area (Å²) in [7, 11) is 1.67. The van der Waals surface area contributed by atoms with Gasteiger partial charge in [0, 0.05) is 5.69 Å². The molecule has 0 saturated heterocycles. The van der Waals surface area contributed by atoms with Gasteiger partial charge >= 0.3 is 0 Å². The van der Waals surface area contributed by atoms with Crippen molar-refractivity contribution >= 4 is 11.6 Å². The number of aryl methyl sites for hydroxylation is 1. The Balaban J connectivity index is 1.81. The molecule has 3 rings (SSSR count). The van der Waals surface area contributed by atoms with Crippen LogP contribution < -0.4 is 10.1 Å².